The van der Waals surface area contributed by atoms with Crippen LogP contribution in [0.4, 0.5) is 5.69 Å². The van der Waals surface area contributed by atoms with E-state index in [1.54, 1.807) is 30.3 Å². The lowest BCUT2D eigenvalue weighted by Crippen LogP contribution is -2.54. The number of nitrogens with one attached hydrogen (secondary N) is 1. The summed E-state index contributed by atoms with van der Waals surface area (Å²) in [5.41, 5.74) is 2.75. The van der Waals surface area contributed by atoms with Crippen LogP contribution in [0.5, 0.6) is 0 Å². The lowest BCUT2D eigenvalue weighted by molar-refractivity contribution is -0.136. The van der Waals surface area contributed by atoms with E-state index in [0.717, 1.165) is 29.0 Å². The Labute approximate surface area is 227 Å². The van der Waals surface area contributed by atoms with Crippen molar-refractivity contribution in [3.63, 3.8) is 0 Å². The summed E-state index contributed by atoms with van der Waals surface area (Å²) in [6.45, 7) is 3.23. The van der Waals surface area contributed by atoms with Gasteiger partial charge in [0.2, 0.25) is 11.8 Å². The van der Waals surface area contributed by atoms with Gasteiger partial charge >= 0.3 is 0 Å². The zero-order valence-corrected chi connectivity index (χ0v) is 22.4. The van der Waals surface area contributed by atoms with Crippen LogP contribution in [0.2, 0.25) is 0 Å². The molecular weight excluding hydrogens is 522 g/mol. The second-order valence-electron chi connectivity index (χ2n) is 10.5. The lowest BCUT2D eigenvalue weighted by Gasteiger charge is -2.34. The number of amides is 4. The standard InChI is InChI=1S/C28H31N3O7S/c1-17-4-2-3-5-20(17)24(39(36,37)38)10-6-18-12-14-30(15-13-18)19-7-8-21-22(16-19)28(35)31(27(21)34)23-9-11-25(32)29-26(23)33/h2-5,7-8,16,18,23-24H,6,9-15H2,1H3,(H,29,32,33)(H,36,37,38). The van der Waals surface area contributed by atoms with E-state index in [9.17, 15) is 32.1 Å². The third-order valence-electron chi connectivity index (χ3n) is 8.14. The summed E-state index contributed by atoms with van der Waals surface area (Å²) >= 11 is 0. The molecule has 206 valence electrons. The summed E-state index contributed by atoms with van der Waals surface area (Å²) < 4.78 is 34.2. The molecule has 2 N–H and O–H groups in total. The molecule has 4 amide bonds. The van der Waals surface area contributed by atoms with Crippen LogP contribution in [0, 0.1) is 12.8 Å². The van der Waals surface area contributed by atoms with Gasteiger partial charge in [0.1, 0.15) is 11.3 Å². The number of benzene rings is 2. The highest BCUT2D eigenvalue weighted by Crippen LogP contribution is 2.35. The summed E-state index contributed by atoms with van der Waals surface area (Å²) in [5, 5.41) is 1.24. The van der Waals surface area contributed by atoms with Gasteiger partial charge in [-0.1, -0.05) is 24.3 Å². The second-order valence-corrected chi connectivity index (χ2v) is 12.1. The van der Waals surface area contributed by atoms with Crippen LogP contribution in [0.15, 0.2) is 42.5 Å². The van der Waals surface area contributed by atoms with Gasteiger partial charge < -0.3 is 4.90 Å². The number of carbonyl (C=O) groups excluding carboxylic acids is 4. The monoisotopic (exact) mass is 553 g/mol. The fourth-order valence-electron chi connectivity index (χ4n) is 5.94. The van der Waals surface area contributed by atoms with Crippen LogP contribution >= 0.6 is 0 Å². The number of piperidine rings is 2. The Hall–Kier alpha value is -3.57. The summed E-state index contributed by atoms with van der Waals surface area (Å²) in [4.78, 5) is 53.0. The second kappa shape index (κ2) is 10.5. The first-order chi connectivity index (χ1) is 18.5. The van der Waals surface area contributed by atoms with E-state index in [-0.39, 0.29) is 29.9 Å². The maximum absolute atomic E-state index is 13.1. The van der Waals surface area contributed by atoms with E-state index in [1.165, 1.54) is 0 Å². The zero-order valence-electron chi connectivity index (χ0n) is 21.6. The van der Waals surface area contributed by atoms with Gasteiger partial charge in [-0.2, -0.15) is 8.42 Å². The molecule has 3 aliphatic rings. The summed E-state index contributed by atoms with van der Waals surface area (Å²) in [5.74, 6) is -1.83. The average molecular weight is 554 g/mol. The van der Waals surface area contributed by atoms with Crippen molar-refractivity contribution in [1.82, 2.24) is 10.2 Å². The van der Waals surface area contributed by atoms with E-state index < -0.39 is 45.0 Å². The van der Waals surface area contributed by atoms with Crippen LogP contribution in [0.3, 0.4) is 0 Å². The van der Waals surface area contributed by atoms with Gasteiger partial charge in [0.05, 0.1) is 11.1 Å². The summed E-state index contributed by atoms with van der Waals surface area (Å²) in [6.07, 6.45) is 2.81. The molecule has 2 aromatic carbocycles. The molecular formula is C28H31N3O7S. The molecule has 39 heavy (non-hydrogen) atoms. The normalized spacial score (nSPS) is 21.2. The predicted octanol–water partition coefficient (Wildman–Crippen LogP) is 3.02. The Morgan fingerprint density at radius 3 is 2.33 bits per heavy atom. The van der Waals surface area contributed by atoms with Crippen LogP contribution in [-0.4, -0.2) is 60.6 Å². The van der Waals surface area contributed by atoms with Gasteiger partial charge in [0, 0.05) is 25.2 Å². The highest BCUT2D eigenvalue weighted by Gasteiger charge is 2.44. The number of nitrogens with zero attached hydrogens (tertiary/aromatic N) is 2. The Morgan fingerprint density at radius 1 is 0.974 bits per heavy atom. The fraction of sp³-hybridized carbons (Fsp3) is 0.429. The van der Waals surface area contributed by atoms with E-state index >= 15 is 0 Å². The number of hydrogen-bond acceptors (Lipinski definition) is 7. The Kier molecular flexibility index (Phi) is 7.30. The molecule has 3 heterocycles. The smallest absolute Gasteiger partial charge is 0.271 e. The summed E-state index contributed by atoms with van der Waals surface area (Å²) in [6, 6.07) is 11.3. The third-order valence-corrected chi connectivity index (χ3v) is 9.34. The Bertz CT molecular complexity index is 1450. The van der Waals surface area contributed by atoms with Crippen molar-refractivity contribution in [1.29, 1.82) is 0 Å². The molecule has 2 fully saturated rings. The van der Waals surface area contributed by atoms with Gasteiger partial charge in [0.15, 0.2) is 0 Å². The maximum atomic E-state index is 13.1. The van der Waals surface area contributed by atoms with Crippen molar-refractivity contribution in [3.05, 3.63) is 64.7 Å². The predicted molar refractivity (Wildman–Crippen MR) is 143 cm³/mol. The molecule has 2 aromatic rings. The molecule has 10 nitrogen and oxygen atoms in total. The minimum atomic E-state index is -4.25. The highest BCUT2D eigenvalue weighted by atomic mass is 32.2. The molecule has 0 saturated carbocycles. The molecule has 0 spiro atoms. The van der Waals surface area contributed by atoms with Gasteiger partial charge in [-0.3, -0.25) is 33.9 Å². The first-order valence-corrected chi connectivity index (χ1v) is 14.7. The largest absolute Gasteiger partial charge is 0.371 e. The van der Waals surface area contributed by atoms with Crippen LogP contribution in [0.25, 0.3) is 0 Å². The molecule has 0 radical (unpaired) electrons. The highest BCUT2D eigenvalue weighted by molar-refractivity contribution is 7.86. The van der Waals surface area contributed by atoms with E-state index in [2.05, 4.69) is 10.2 Å². The molecule has 5 rings (SSSR count). The number of anilines is 1. The average Bonchev–Trinajstić information content (AvgIpc) is 3.14. The first kappa shape index (κ1) is 27.0. The molecule has 2 unspecified atom stereocenters. The molecule has 2 atom stereocenters. The van der Waals surface area contributed by atoms with E-state index in [1.807, 2.05) is 19.1 Å². The number of imide groups is 2. The molecule has 11 heteroatoms. The van der Waals surface area contributed by atoms with Crippen molar-refractivity contribution in [3.8, 4) is 0 Å². The minimum absolute atomic E-state index is 0.0694. The van der Waals surface area contributed by atoms with Gasteiger partial charge in [-0.25, -0.2) is 0 Å². The Balaban J connectivity index is 1.22. The minimum Gasteiger partial charge on any atom is -0.371 e. The topological polar surface area (TPSA) is 141 Å². The van der Waals surface area contributed by atoms with E-state index in [0.29, 0.717) is 31.5 Å². The van der Waals surface area contributed by atoms with Crippen molar-refractivity contribution in [2.45, 2.75) is 56.7 Å². The maximum Gasteiger partial charge on any atom is 0.271 e. The SMILES string of the molecule is Cc1ccccc1C(CCC1CCN(c2ccc3c(c2)C(=O)N(C2CCC(=O)NC2=O)C3=O)CC1)S(=O)(=O)O. The molecule has 2 saturated heterocycles. The number of hydrogen-bond donors (Lipinski definition) is 2. The molecule has 0 aliphatic carbocycles. The van der Waals surface area contributed by atoms with Crippen LogP contribution in [-0.2, 0) is 19.7 Å². The molecule has 0 aromatic heterocycles. The summed E-state index contributed by atoms with van der Waals surface area (Å²) in [7, 11) is -4.25. The fourth-order valence-corrected chi connectivity index (χ4v) is 6.95. The van der Waals surface area contributed by atoms with Crippen molar-refractivity contribution in [2.75, 3.05) is 18.0 Å². The quantitative estimate of drug-likeness (QED) is 0.394. The van der Waals surface area contributed by atoms with Crippen LogP contribution < -0.4 is 10.2 Å². The Morgan fingerprint density at radius 2 is 1.67 bits per heavy atom. The number of aryl methyl sites for hydroxylation is 1. The van der Waals surface area contributed by atoms with Crippen molar-refractivity contribution >= 4 is 39.4 Å². The van der Waals surface area contributed by atoms with Crippen LogP contribution in [0.1, 0.15) is 75.6 Å². The molecule has 3 aliphatic heterocycles. The van der Waals surface area contributed by atoms with E-state index in [4.69, 9.17) is 0 Å². The lowest BCUT2D eigenvalue weighted by atomic mass is 9.89. The zero-order chi connectivity index (χ0) is 27.9. The first-order valence-electron chi connectivity index (χ1n) is 13.2. The van der Waals surface area contributed by atoms with Crippen molar-refractivity contribution in [2.24, 2.45) is 5.92 Å². The number of rotatable bonds is 7. The third kappa shape index (κ3) is 5.33. The molecule has 0 bridgehead atoms. The van der Waals surface area contributed by atoms with Crippen molar-refractivity contribution < 1.29 is 32.1 Å². The van der Waals surface area contributed by atoms with Gasteiger partial charge in [-0.05, 0) is 74.3 Å². The van der Waals surface area contributed by atoms with Gasteiger partial charge in [-0.15, -0.1) is 0 Å². The van der Waals surface area contributed by atoms with Gasteiger partial charge in [0.25, 0.3) is 21.9 Å². The number of fused-ring (bicyclic) bond motifs is 1. The number of carbonyl (C=O) groups is 4.